The van der Waals surface area contributed by atoms with Crippen LogP contribution >= 0.6 is 35.7 Å². The highest BCUT2D eigenvalue weighted by Crippen LogP contribution is 2.27. The molecule has 1 aromatic rings. The highest BCUT2D eigenvalue weighted by molar-refractivity contribution is 14.0. The number of carbonyl (C=O) groups is 1. The second-order valence-corrected chi connectivity index (χ2v) is 7.39. The van der Waals surface area contributed by atoms with Crippen molar-refractivity contribution in [1.29, 1.82) is 0 Å². The lowest BCUT2D eigenvalue weighted by molar-refractivity contribution is 0.0953. The standard InChI is InChI=1S/C19H30N4OS.HI/c1-3-20-19(23-16-10-11-17(14-16)25-2)22-13-7-12-21-18(24)15-8-5-4-6-9-15;/h4-6,8-9,16-17H,3,7,10-14H2,1-2H3,(H,21,24)(H2,20,22,23);1H. The first-order chi connectivity index (χ1) is 12.2. The number of hydrogen-bond donors (Lipinski definition) is 3. The van der Waals surface area contributed by atoms with Crippen LogP contribution in [0.15, 0.2) is 35.3 Å². The molecule has 2 unspecified atom stereocenters. The van der Waals surface area contributed by atoms with E-state index in [2.05, 4.69) is 34.1 Å². The Hall–Kier alpha value is -0.960. The molecule has 1 fully saturated rings. The predicted molar refractivity (Wildman–Crippen MR) is 123 cm³/mol. The van der Waals surface area contributed by atoms with Crippen molar-refractivity contribution in [2.45, 2.75) is 43.9 Å². The molecular formula is C19H31IN4OS. The molecular weight excluding hydrogens is 459 g/mol. The van der Waals surface area contributed by atoms with Crippen molar-refractivity contribution in [3.8, 4) is 0 Å². The molecule has 2 atom stereocenters. The molecule has 0 saturated heterocycles. The van der Waals surface area contributed by atoms with Crippen molar-refractivity contribution in [3.05, 3.63) is 35.9 Å². The van der Waals surface area contributed by atoms with E-state index in [4.69, 9.17) is 0 Å². The summed E-state index contributed by atoms with van der Waals surface area (Å²) in [6.45, 7) is 4.27. The summed E-state index contributed by atoms with van der Waals surface area (Å²) < 4.78 is 0. The number of hydrogen-bond acceptors (Lipinski definition) is 3. The van der Waals surface area contributed by atoms with E-state index in [1.54, 1.807) is 0 Å². The fraction of sp³-hybridized carbons (Fsp3) is 0.579. The molecule has 146 valence electrons. The summed E-state index contributed by atoms with van der Waals surface area (Å²) in [6, 6.07) is 9.82. The van der Waals surface area contributed by atoms with Gasteiger partial charge < -0.3 is 16.0 Å². The van der Waals surface area contributed by atoms with Gasteiger partial charge in [-0.05, 0) is 51.0 Å². The van der Waals surface area contributed by atoms with E-state index in [0.29, 0.717) is 24.7 Å². The third kappa shape index (κ3) is 8.16. The summed E-state index contributed by atoms with van der Waals surface area (Å²) in [7, 11) is 0. The maximum atomic E-state index is 12.0. The molecule has 1 amide bonds. The number of thioether (sulfide) groups is 1. The molecule has 1 saturated carbocycles. The second kappa shape index (κ2) is 13.2. The van der Waals surface area contributed by atoms with Gasteiger partial charge in [-0.1, -0.05) is 18.2 Å². The van der Waals surface area contributed by atoms with Gasteiger partial charge >= 0.3 is 0 Å². The summed E-state index contributed by atoms with van der Waals surface area (Å²) in [5, 5.41) is 10.6. The Morgan fingerprint density at radius 1 is 1.23 bits per heavy atom. The average molecular weight is 490 g/mol. The molecule has 0 spiro atoms. The number of halogens is 1. The van der Waals surface area contributed by atoms with Crippen LogP contribution < -0.4 is 16.0 Å². The van der Waals surface area contributed by atoms with Crippen LogP contribution in [0.4, 0.5) is 0 Å². The topological polar surface area (TPSA) is 65.5 Å². The first-order valence-electron chi connectivity index (χ1n) is 9.13. The highest BCUT2D eigenvalue weighted by atomic mass is 127. The fourth-order valence-electron chi connectivity index (χ4n) is 2.96. The second-order valence-electron chi connectivity index (χ2n) is 6.25. The lowest BCUT2D eigenvalue weighted by Crippen LogP contribution is -2.42. The lowest BCUT2D eigenvalue weighted by atomic mass is 10.2. The average Bonchev–Trinajstić information content (AvgIpc) is 3.09. The van der Waals surface area contributed by atoms with Crippen LogP contribution in [0, 0.1) is 0 Å². The molecule has 26 heavy (non-hydrogen) atoms. The molecule has 0 bridgehead atoms. The Labute approximate surface area is 178 Å². The number of benzene rings is 1. The van der Waals surface area contributed by atoms with Crippen LogP contribution in [0.2, 0.25) is 0 Å². The van der Waals surface area contributed by atoms with Crippen LogP contribution in [-0.2, 0) is 0 Å². The van der Waals surface area contributed by atoms with Crippen LogP contribution in [0.1, 0.15) is 43.0 Å². The molecule has 1 aliphatic rings. The quantitative estimate of drug-likeness (QED) is 0.227. The number of nitrogens with zero attached hydrogens (tertiary/aromatic N) is 1. The number of carbonyl (C=O) groups excluding carboxylic acids is 1. The molecule has 0 heterocycles. The van der Waals surface area contributed by atoms with Crippen molar-refractivity contribution < 1.29 is 4.79 Å². The summed E-state index contributed by atoms with van der Waals surface area (Å²) in [4.78, 5) is 16.6. The van der Waals surface area contributed by atoms with E-state index in [-0.39, 0.29) is 29.9 Å². The van der Waals surface area contributed by atoms with Crippen LogP contribution in [0.25, 0.3) is 0 Å². The van der Waals surface area contributed by atoms with Crippen LogP contribution in [0.3, 0.4) is 0 Å². The molecule has 7 heteroatoms. The Kier molecular flexibility index (Phi) is 11.8. The zero-order chi connectivity index (χ0) is 17.9. The summed E-state index contributed by atoms with van der Waals surface area (Å²) in [5.74, 6) is 0.868. The van der Waals surface area contributed by atoms with Crippen molar-refractivity contribution in [3.63, 3.8) is 0 Å². The van der Waals surface area contributed by atoms with E-state index in [1.807, 2.05) is 42.1 Å². The highest BCUT2D eigenvalue weighted by Gasteiger charge is 2.24. The summed E-state index contributed by atoms with van der Waals surface area (Å²) in [5.41, 5.74) is 0.700. The van der Waals surface area contributed by atoms with Crippen LogP contribution in [-0.4, -0.2) is 49.0 Å². The minimum Gasteiger partial charge on any atom is -0.357 e. The number of amides is 1. The molecule has 3 N–H and O–H groups in total. The first kappa shape index (κ1) is 23.1. The molecule has 1 aromatic carbocycles. The molecule has 1 aliphatic carbocycles. The van der Waals surface area contributed by atoms with Gasteiger partial charge in [0.05, 0.1) is 0 Å². The summed E-state index contributed by atoms with van der Waals surface area (Å²) >= 11 is 1.96. The van der Waals surface area contributed by atoms with E-state index < -0.39 is 0 Å². The van der Waals surface area contributed by atoms with Crippen LogP contribution in [0.5, 0.6) is 0 Å². The van der Waals surface area contributed by atoms with Crippen molar-refractivity contribution in [2.24, 2.45) is 4.99 Å². The molecule has 0 aliphatic heterocycles. The first-order valence-corrected chi connectivity index (χ1v) is 10.4. The normalized spacial score (nSPS) is 19.5. The van der Waals surface area contributed by atoms with E-state index >= 15 is 0 Å². The minimum atomic E-state index is -0.0244. The van der Waals surface area contributed by atoms with E-state index in [9.17, 15) is 4.79 Å². The smallest absolute Gasteiger partial charge is 0.251 e. The van der Waals surface area contributed by atoms with Gasteiger partial charge in [0.25, 0.3) is 5.91 Å². The Bertz CT molecular complexity index is 556. The lowest BCUT2D eigenvalue weighted by Gasteiger charge is -2.17. The van der Waals surface area contributed by atoms with Gasteiger partial charge in [-0.3, -0.25) is 9.79 Å². The third-order valence-electron chi connectivity index (χ3n) is 4.33. The number of guanidine groups is 1. The summed E-state index contributed by atoms with van der Waals surface area (Å²) in [6.07, 6.45) is 6.72. The zero-order valence-corrected chi connectivity index (χ0v) is 18.8. The van der Waals surface area contributed by atoms with Gasteiger partial charge in [0, 0.05) is 36.5 Å². The fourth-order valence-corrected chi connectivity index (χ4v) is 3.76. The maximum absolute atomic E-state index is 12.0. The van der Waals surface area contributed by atoms with Gasteiger partial charge in [-0.15, -0.1) is 24.0 Å². The van der Waals surface area contributed by atoms with Gasteiger partial charge in [0.1, 0.15) is 0 Å². The predicted octanol–water partition coefficient (Wildman–Crippen LogP) is 3.26. The Morgan fingerprint density at radius 3 is 2.65 bits per heavy atom. The van der Waals surface area contributed by atoms with Gasteiger partial charge in [-0.2, -0.15) is 11.8 Å². The SMILES string of the molecule is CCNC(=NCCCNC(=O)c1ccccc1)NC1CCC(SC)C1.I. The van der Waals surface area contributed by atoms with Crippen molar-refractivity contribution in [1.82, 2.24) is 16.0 Å². The van der Waals surface area contributed by atoms with Gasteiger partial charge in [0.2, 0.25) is 0 Å². The molecule has 5 nitrogen and oxygen atoms in total. The number of rotatable bonds is 8. The minimum absolute atomic E-state index is 0. The number of aliphatic imine (C=N–C) groups is 1. The monoisotopic (exact) mass is 490 g/mol. The molecule has 2 rings (SSSR count). The van der Waals surface area contributed by atoms with Gasteiger partial charge in [-0.25, -0.2) is 0 Å². The zero-order valence-electron chi connectivity index (χ0n) is 15.7. The van der Waals surface area contributed by atoms with Crippen molar-refractivity contribution in [2.75, 3.05) is 25.9 Å². The Morgan fingerprint density at radius 2 is 2.00 bits per heavy atom. The maximum Gasteiger partial charge on any atom is 0.251 e. The molecule has 0 aromatic heterocycles. The largest absolute Gasteiger partial charge is 0.357 e. The van der Waals surface area contributed by atoms with Gasteiger partial charge in [0.15, 0.2) is 5.96 Å². The van der Waals surface area contributed by atoms with E-state index in [1.165, 1.54) is 19.3 Å². The molecule has 0 radical (unpaired) electrons. The number of nitrogens with one attached hydrogen (secondary N) is 3. The Balaban J connectivity index is 0.00000338. The van der Waals surface area contributed by atoms with Crippen molar-refractivity contribution >= 4 is 47.6 Å². The third-order valence-corrected chi connectivity index (χ3v) is 5.42. The van der Waals surface area contributed by atoms with E-state index in [0.717, 1.165) is 24.2 Å².